The fourth-order valence-electron chi connectivity index (χ4n) is 5.52. The molecule has 0 spiro atoms. The average molecular weight is 588 g/mol. The first-order chi connectivity index (χ1) is 21.4. The largest absolute Gasteiger partial charge is 0.425 e. The van der Waals surface area contributed by atoms with Gasteiger partial charge in [0.15, 0.2) is 0 Å². The minimum Gasteiger partial charge on any atom is -0.409 e. The summed E-state index contributed by atoms with van der Waals surface area (Å²) in [4.78, 5) is 34.0. The highest BCUT2D eigenvalue weighted by atomic mass is 16.6. The first-order valence-corrected chi connectivity index (χ1v) is 15.0. The van der Waals surface area contributed by atoms with Crippen molar-refractivity contribution in [2.75, 3.05) is 41.3 Å². The van der Waals surface area contributed by atoms with Crippen LogP contribution in [0.2, 0.25) is 0 Å². The van der Waals surface area contributed by atoms with Crippen LogP contribution in [0.25, 0.3) is 10.8 Å². The molecule has 1 N–H and O–H groups in total. The van der Waals surface area contributed by atoms with Gasteiger partial charge in [-0.15, -0.1) is 0 Å². The number of nitrogens with zero attached hydrogens (tertiary/aromatic N) is 6. The van der Waals surface area contributed by atoms with Gasteiger partial charge >= 0.3 is 6.09 Å². The molecular formula is C35H37N7O2. The van der Waals surface area contributed by atoms with Gasteiger partial charge in [0.1, 0.15) is 17.4 Å². The van der Waals surface area contributed by atoms with Gasteiger partial charge in [0, 0.05) is 44.5 Å². The second-order valence-corrected chi connectivity index (χ2v) is 11.3. The van der Waals surface area contributed by atoms with Gasteiger partial charge in [0.25, 0.3) is 0 Å². The second-order valence-electron chi connectivity index (χ2n) is 11.3. The van der Waals surface area contributed by atoms with Gasteiger partial charge in [-0.3, -0.25) is 4.90 Å². The predicted molar refractivity (Wildman–Crippen MR) is 177 cm³/mol. The molecule has 0 aliphatic carbocycles. The third kappa shape index (κ3) is 6.33. The van der Waals surface area contributed by atoms with E-state index in [0.29, 0.717) is 29.2 Å². The topological polar surface area (TPSA) is 86.7 Å². The Morgan fingerprint density at radius 2 is 1.61 bits per heavy atom. The molecular weight excluding hydrogens is 550 g/mol. The molecule has 1 saturated heterocycles. The van der Waals surface area contributed by atoms with Crippen LogP contribution in [-0.2, 0) is 0 Å². The van der Waals surface area contributed by atoms with Gasteiger partial charge in [-0.05, 0) is 73.9 Å². The van der Waals surface area contributed by atoms with E-state index in [4.69, 9.17) is 14.7 Å². The van der Waals surface area contributed by atoms with E-state index in [1.165, 1.54) is 4.90 Å². The number of nitrogens with one attached hydrogen (secondary N) is 1. The summed E-state index contributed by atoms with van der Waals surface area (Å²) in [6.07, 6.45) is 2.85. The van der Waals surface area contributed by atoms with Gasteiger partial charge < -0.3 is 15.0 Å². The highest BCUT2D eigenvalue weighted by molar-refractivity contribution is 5.99. The number of para-hydroxylation sites is 1. The Morgan fingerprint density at radius 1 is 0.864 bits per heavy atom. The smallest absolute Gasteiger partial charge is 0.409 e. The van der Waals surface area contributed by atoms with E-state index in [0.717, 1.165) is 59.6 Å². The summed E-state index contributed by atoms with van der Waals surface area (Å²) in [5.41, 5.74) is 3.13. The normalized spacial score (nSPS) is 13.7. The number of hydrogen-bond donors (Lipinski definition) is 1. The molecule has 44 heavy (non-hydrogen) atoms. The Bertz CT molecular complexity index is 1750. The fraction of sp³-hybridized carbons (Fsp3) is 0.257. The third-order valence-electron chi connectivity index (χ3n) is 8.01. The zero-order valence-electron chi connectivity index (χ0n) is 25.6. The van der Waals surface area contributed by atoms with E-state index in [1.807, 2.05) is 86.6 Å². The molecule has 0 unspecified atom stereocenters. The number of fused-ring (bicyclic) bond motifs is 1. The minimum absolute atomic E-state index is 0.341. The Balaban J connectivity index is 1.26. The van der Waals surface area contributed by atoms with Crippen LogP contribution >= 0.6 is 0 Å². The molecule has 1 aliphatic rings. The lowest BCUT2D eigenvalue weighted by atomic mass is 10.1. The molecule has 5 aromatic rings. The van der Waals surface area contributed by atoms with E-state index >= 15 is 0 Å². The first-order valence-electron chi connectivity index (χ1n) is 15.0. The summed E-state index contributed by atoms with van der Waals surface area (Å²) in [6.45, 7) is 12.3. The standard InChI is InChI=1S/C35H37N7O2/c1-24(2)40-18-20-41(21-19-40)31-15-13-29(23-37-31)38-34-36-17-16-32(39-34)42(30-14-12-27-10-5-6-11-28(27)22-30)35(43)44-33-25(3)8-7-9-26(33)4/h5-17,22-24H,18-21H2,1-4H3,(H,36,38,39). The number of pyridine rings is 1. The number of anilines is 5. The number of carbonyl (C=O) groups is 1. The number of aromatic nitrogens is 3. The van der Waals surface area contributed by atoms with Crippen molar-refractivity contribution in [3.05, 3.63) is 102 Å². The Hall–Kier alpha value is -5.02. The summed E-state index contributed by atoms with van der Waals surface area (Å²) < 4.78 is 6.00. The van der Waals surface area contributed by atoms with Gasteiger partial charge in [-0.2, -0.15) is 4.98 Å². The summed E-state index contributed by atoms with van der Waals surface area (Å²) in [5, 5.41) is 5.32. The molecule has 2 aromatic heterocycles. The molecule has 0 bridgehead atoms. The lowest BCUT2D eigenvalue weighted by molar-refractivity contribution is 0.209. The number of ether oxygens (including phenoxy) is 1. The maximum Gasteiger partial charge on any atom is 0.425 e. The van der Waals surface area contributed by atoms with Crippen molar-refractivity contribution in [2.24, 2.45) is 0 Å². The van der Waals surface area contributed by atoms with Gasteiger partial charge in [0.05, 0.1) is 17.6 Å². The lowest BCUT2D eigenvalue weighted by Gasteiger charge is -2.37. The zero-order chi connectivity index (χ0) is 30.6. The van der Waals surface area contributed by atoms with Crippen LogP contribution in [0.15, 0.2) is 91.3 Å². The van der Waals surface area contributed by atoms with Crippen LogP contribution < -0.4 is 19.9 Å². The van der Waals surface area contributed by atoms with Crippen molar-refractivity contribution in [1.82, 2.24) is 19.9 Å². The van der Waals surface area contributed by atoms with Crippen LogP contribution in [0.4, 0.5) is 33.8 Å². The van der Waals surface area contributed by atoms with Crippen molar-refractivity contribution in [3.8, 4) is 5.75 Å². The van der Waals surface area contributed by atoms with E-state index in [1.54, 1.807) is 18.5 Å². The molecule has 6 rings (SSSR count). The molecule has 0 atom stereocenters. The molecule has 224 valence electrons. The number of benzene rings is 3. The number of carbonyl (C=O) groups excluding carboxylic acids is 1. The number of piperazine rings is 1. The second kappa shape index (κ2) is 12.7. The molecule has 1 amide bonds. The summed E-state index contributed by atoms with van der Waals surface area (Å²) in [7, 11) is 0. The van der Waals surface area contributed by atoms with Gasteiger partial charge in [0.2, 0.25) is 5.95 Å². The minimum atomic E-state index is -0.564. The first kappa shape index (κ1) is 29.1. The van der Waals surface area contributed by atoms with Gasteiger partial charge in [-0.1, -0.05) is 48.5 Å². The molecule has 9 heteroatoms. The quantitative estimate of drug-likeness (QED) is 0.213. The van der Waals surface area contributed by atoms with E-state index in [9.17, 15) is 4.79 Å². The Labute approximate surface area is 258 Å². The van der Waals surface area contributed by atoms with E-state index in [2.05, 4.69) is 33.9 Å². The molecule has 3 heterocycles. The van der Waals surface area contributed by atoms with Crippen molar-refractivity contribution < 1.29 is 9.53 Å². The number of aryl methyl sites for hydroxylation is 2. The fourth-order valence-corrected chi connectivity index (χ4v) is 5.52. The van der Waals surface area contributed by atoms with Crippen molar-refractivity contribution in [2.45, 2.75) is 33.7 Å². The zero-order valence-corrected chi connectivity index (χ0v) is 25.6. The third-order valence-corrected chi connectivity index (χ3v) is 8.01. The van der Waals surface area contributed by atoms with Crippen LogP contribution in [0, 0.1) is 13.8 Å². The van der Waals surface area contributed by atoms with Crippen molar-refractivity contribution in [1.29, 1.82) is 0 Å². The summed E-state index contributed by atoms with van der Waals surface area (Å²) in [5.74, 6) is 2.20. The molecule has 9 nitrogen and oxygen atoms in total. The van der Waals surface area contributed by atoms with Crippen LogP contribution in [0.3, 0.4) is 0 Å². The highest BCUT2D eigenvalue weighted by Crippen LogP contribution is 2.31. The van der Waals surface area contributed by atoms with Crippen LogP contribution in [-0.4, -0.2) is 58.2 Å². The SMILES string of the molecule is Cc1cccc(C)c1OC(=O)N(c1ccc2ccccc2c1)c1ccnc(Nc2ccc(N3CCN(C(C)C)CC3)nc2)n1. The summed E-state index contributed by atoms with van der Waals surface area (Å²) in [6, 6.07) is 25.9. The molecule has 1 fully saturated rings. The van der Waals surface area contributed by atoms with Gasteiger partial charge in [-0.25, -0.2) is 19.7 Å². The molecule has 3 aromatic carbocycles. The molecule has 1 aliphatic heterocycles. The lowest BCUT2D eigenvalue weighted by Crippen LogP contribution is -2.49. The van der Waals surface area contributed by atoms with E-state index < -0.39 is 6.09 Å². The Morgan fingerprint density at radius 3 is 2.32 bits per heavy atom. The maximum atomic E-state index is 13.9. The summed E-state index contributed by atoms with van der Waals surface area (Å²) >= 11 is 0. The van der Waals surface area contributed by atoms with Crippen LogP contribution in [0.1, 0.15) is 25.0 Å². The highest BCUT2D eigenvalue weighted by Gasteiger charge is 2.24. The van der Waals surface area contributed by atoms with E-state index in [-0.39, 0.29) is 0 Å². The number of hydrogen-bond acceptors (Lipinski definition) is 8. The van der Waals surface area contributed by atoms with Crippen molar-refractivity contribution >= 4 is 45.8 Å². The predicted octanol–water partition coefficient (Wildman–Crippen LogP) is 7.25. The van der Waals surface area contributed by atoms with Crippen molar-refractivity contribution in [3.63, 3.8) is 0 Å². The molecule has 0 saturated carbocycles. The maximum absolute atomic E-state index is 13.9. The monoisotopic (exact) mass is 587 g/mol. The number of amides is 1. The average Bonchev–Trinajstić information content (AvgIpc) is 3.03. The Kier molecular flexibility index (Phi) is 8.38. The number of rotatable bonds is 7. The molecule has 0 radical (unpaired) electrons. The van der Waals surface area contributed by atoms with Crippen LogP contribution in [0.5, 0.6) is 5.75 Å².